The van der Waals surface area contributed by atoms with Gasteiger partial charge in [0.1, 0.15) is 22.7 Å². The first-order chi connectivity index (χ1) is 30.3. The second-order valence-corrected chi connectivity index (χ2v) is 19.4. The highest BCUT2D eigenvalue weighted by Gasteiger charge is 2.43. The first-order valence-electron chi connectivity index (χ1n) is 20.5. The number of fused-ring (bicyclic) bond motifs is 11. The van der Waals surface area contributed by atoms with Crippen LogP contribution in [0.3, 0.4) is 0 Å². The molecule has 0 radical (unpaired) electrons. The highest BCUT2D eigenvalue weighted by Crippen LogP contribution is 2.35. The van der Waals surface area contributed by atoms with Gasteiger partial charge < -0.3 is 4.42 Å². The minimum atomic E-state index is -2.91. The van der Waals surface area contributed by atoms with Gasteiger partial charge in [0.2, 0.25) is 5.78 Å². The molecule has 0 aliphatic carbocycles. The lowest BCUT2D eigenvalue weighted by Gasteiger charge is -2.34. The maximum absolute atomic E-state index is 6.41. The molecule has 0 amide bonds. The van der Waals surface area contributed by atoms with E-state index in [1.807, 2.05) is 24.3 Å². The third-order valence-corrected chi connectivity index (χ3v) is 17.2. The summed E-state index contributed by atoms with van der Waals surface area (Å²) in [5, 5.41) is 7.52. The van der Waals surface area contributed by atoms with Crippen molar-refractivity contribution in [3.8, 4) is 11.6 Å². The smallest absolute Gasteiger partial charge is 0.221 e. The van der Waals surface area contributed by atoms with E-state index in [4.69, 9.17) is 19.4 Å². The van der Waals surface area contributed by atoms with E-state index >= 15 is 0 Å². The fourth-order valence-electron chi connectivity index (χ4n) is 9.90. The normalized spacial score (nSPS) is 12.3. The van der Waals surface area contributed by atoms with Gasteiger partial charge >= 0.3 is 0 Å². The Morgan fingerprint density at radius 3 is 1.36 bits per heavy atom. The van der Waals surface area contributed by atoms with Crippen LogP contribution in [0.1, 0.15) is 0 Å². The number of rotatable bonds is 6. The first kappa shape index (κ1) is 33.9. The summed E-state index contributed by atoms with van der Waals surface area (Å²) in [6.45, 7) is 0. The highest BCUT2D eigenvalue weighted by atomic mass is 28.3. The molecule has 0 saturated carbocycles. The molecular weight excluding hydrogens is 765 g/mol. The summed E-state index contributed by atoms with van der Waals surface area (Å²) in [7, 11) is -2.91. The topological polar surface area (TPSA) is 66.1 Å². The summed E-state index contributed by atoms with van der Waals surface area (Å²) in [4.78, 5) is 16.4. The predicted octanol–water partition coefficient (Wildman–Crippen LogP) is 9.60. The molecule has 0 aliphatic rings. The zero-order valence-corrected chi connectivity index (χ0v) is 33.7. The van der Waals surface area contributed by atoms with Crippen molar-refractivity contribution in [2.45, 2.75) is 0 Å². The van der Waals surface area contributed by atoms with Crippen LogP contribution in [0.2, 0.25) is 0 Å². The number of pyridine rings is 2. The van der Waals surface area contributed by atoms with E-state index < -0.39 is 8.07 Å². The van der Waals surface area contributed by atoms with Gasteiger partial charge in [-0.1, -0.05) is 152 Å². The van der Waals surface area contributed by atoms with Crippen LogP contribution in [0.5, 0.6) is 0 Å². The SMILES string of the molecule is c1ccc([Si](c2ccccc2)(c2ccccc2)c2cccc3c2nc2n(-c4ccc5oc6ccc(-n7c8ccccc8c8ccccc87)nc6c5n4)c4ccccc4n32)cc1. The number of furan rings is 1. The van der Waals surface area contributed by atoms with E-state index in [1.165, 1.54) is 31.5 Å². The number of para-hydroxylation sites is 5. The van der Waals surface area contributed by atoms with E-state index in [0.29, 0.717) is 22.2 Å². The summed E-state index contributed by atoms with van der Waals surface area (Å²) in [6, 6.07) is 73.4. The highest BCUT2D eigenvalue weighted by molar-refractivity contribution is 7.20. The molecular formula is C53H34N6OSi. The van der Waals surface area contributed by atoms with Crippen LogP contribution in [0.4, 0.5) is 0 Å². The fourth-order valence-corrected chi connectivity index (χ4v) is 14.8. The lowest BCUT2D eigenvalue weighted by molar-refractivity contribution is 0.667. The Hall–Kier alpha value is -8.07. The van der Waals surface area contributed by atoms with E-state index in [-0.39, 0.29) is 0 Å². The molecule has 7 nitrogen and oxygen atoms in total. The van der Waals surface area contributed by atoms with Crippen LogP contribution in [0, 0.1) is 0 Å². The molecule has 0 fully saturated rings. The second-order valence-electron chi connectivity index (χ2n) is 15.6. The van der Waals surface area contributed by atoms with E-state index in [9.17, 15) is 0 Å². The molecule has 61 heavy (non-hydrogen) atoms. The van der Waals surface area contributed by atoms with E-state index in [1.54, 1.807) is 0 Å². The average molecular weight is 799 g/mol. The Kier molecular flexibility index (Phi) is 7.19. The Labute approximate surface area is 350 Å². The molecule has 13 aromatic rings. The van der Waals surface area contributed by atoms with Crippen LogP contribution in [0.25, 0.3) is 83.5 Å². The van der Waals surface area contributed by atoms with Crippen molar-refractivity contribution in [3.63, 3.8) is 0 Å². The van der Waals surface area contributed by atoms with Gasteiger partial charge in [-0.15, -0.1) is 0 Å². The lowest BCUT2D eigenvalue weighted by atomic mass is 10.2. The Morgan fingerprint density at radius 2 is 0.803 bits per heavy atom. The van der Waals surface area contributed by atoms with Crippen molar-refractivity contribution in [1.82, 2.24) is 28.5 Å². The number of imidazole rings is 2. The molecule has 0 bridgehead atoms. The minimum Gasteiger partial charge on any atom is -0.453 e. The standard InChI is InChI=1S/C53H34N6OSi/c1-4-17-35(18-5-1)61(36-19-6-2-7-20-36,37-21-8-3-9-22-37)47-30-16-29-44-50(47)56-53-58(44)42-27-14-15-28-43(42)59(53)49-34-32-46-52(55-49)51-45(60-46)31-33-48(54-51)57-40-25-12-10-23-38(40)39-24-11-13-26-41(39)57/h1-34H. The number of hydrogen-bond acceptors (Lipinski definition) is 4. The zero-order valence-electron chi connectivity index (χ0n) is 32.7. The average Bonchev–Trinajstić information content (AvgIpc) is 4.07. The number of hydrogen-bond donors (Lipinski definition) is 0. The van der Waals surface area contributed by atoms with Gasteiger partial charge in [-0.05, 0) is 75.3 Å². The summed E-state index contributed by atoms with van der Waals surface area (Å²) in [5.41, 5.74) is 9.07. The number of benzene rings is 7. The fraction of sp³-hybridized carbons (Fsp3) is 0. The number of nitrogens with zero attached hydrogens (tertiary/aromatic N) is 6. The van der Waals surface area contributed by atoms with Crippen LogP contribution in [-0.2, 0) is 0 Å². The van der Waals surface area contributed by atoms with Gasteiger partial charge in [0.15, 0.2) is 19.2 Å². The second kappa shape index (κ2) is 13.0. The van der Waals surface area contributed by atoms with Gasteiger partial charge in [0, 0.05) is 10.8 Å². The largest absolute Gasteiger partial charge is 0.453 e. The van der Waals surface area contributed by atoms with Gasteiger partial charge in [0.25, 0.3) is 0 Å². The molecule has 286 valence electrons. The van der Waals surface area contributed by atoms with E-state index in [2.05, 4.69) is 196 Å². The molecule has 0 N–H and O–H groups in total. The monoisotopic (exact) mass is 798 g/mol. The maximum Gasteiger partial charge on any atom is 0.221 e. The summed E-state index contributed by atoms with van der Waals surface area (Å²) in [6.07, 6.45) is 0. The summed E-state index contributed by atoms with van der Waals surface area (Å²) < 4.78 is 13.1. The van der Waals surface area contributed by atoms with Crippen LogP contribution in [0.15, 0.2) is 211 Å². The summed E-state index contributed by atoms with van der Waals surface area (Å²) >= 11 is 0. The van der Waals surface area contributed by atoms with Crippen LogP contribution < -0.4 is 20.7 Å². The third kappa shape index (κ3) is 4.76. The molecule has 13 rings (SSSR count). The van der Waals surface area contributed by atoms with Gasteiger partial charge in [-0.25, -0.2) is 15.0 Å². The van der Waals surface area contributed by atoms with Crippen molar-refractivity contribution < 1.29 is 4.42 Å². The van der Waals surface area contributed by atoms with Gasteiger partial charge in [0.05, 0.1) is 33.1 Å². The lowest BCUT2D eigenvalue weighted by Crippen LogP contribution is -2.74. The van der Waals surface area contributed by atoms with Crippen LogP contribution in [-0.4, -0.2) is 36.6 Å². The molecule has 0 atom stereocenters. The molecule has 6 aromatic heterocycles. The Balaban J connectivity index is 1.07. The van der Waals surface area contributed by atoms with Gasteiger partial charge in [-0.2, -0.15) is 0 Å². The third-order valence-electron chi connectivity index (χ3n) is 12.4. The molecule has 0 aliphatic heterocycles. The minimum absolute atomic E-state index is 0.679. The summed E-state index contributed by atoms with van der Waals surface area (Å²) in [5.74, 6) is 2.34. The van der Waals surface area contributed by atoms with Crippen molar-refractivity contribution in [2.24, 2.45) is 0 Å². The van der Waals surface area contributed by atoms with Crippen molar-refractivity contribution in [2.75, 3.05) is 0 Å². The number of aromatic nitrogens is 6. The molecule has 0 saturated heterocycles. The molecule has 7 aromatic carbocycles. The zero-order chi connectivity index (χ0) is 40.1. The van der Waals surface area contributed by atoms with Crippen molar-refractivity contribution in [3.05, 3.63) is 206 Å². The maximum atomic E-state index is 6.41. The molecule has 0 unspecified atom stereocenters. The van der Waals surface area contributed by atoms with Crippen molar-refractivity contribution >= 4 is 101 Å². The van der Waals surface area contributed by atoms with E-state index in [0.717, 1.165) is 50.5 Å². The molecule has 6 heterocycles. The molecule has 0 spiro atoms. The predicted molar refractivity (Wildman–Crippen MR) is 250 cm³/mol. The van der Waals surface area contributed by atoms with Crippen LogP contribution >= 0.6 is 0 Å². The molecule has 8 heteroatoms. The van der Waals surface area contributed by atoms with Crippen molar-refractivity contribution in [1.29, 1.82) is 0 Å². The quantitative estimate of drug-likeness (QED) is 0.124. The Morgan fingerprint density at radius 1 is 0.344 bits per heavy atom. The first-order valence-corrected chi connectivity index (χ1v) is 22.5. The van der Waals surface area contributed by atoms with Gasteiger partial charge in [-0.3, -0.25) is 13.5 Å². The Bertz CT molecular complexity index is 3680.